The third-order valence-electron chi connectivity index (χ3n) is 10.5. The summed E-state index contributed by atoms with van der Waals surface area (Å²) in [5.74, 6) is -1.09. The lowest BCUT2D eigenvalue weighted by molar-refractivity contribution is -0.167. The molecule has 0 aromatic carbocycles. The summed E-state index contributed by atoms with van der Waals surface area (Å²) in [6.07, 6.45) is 80.9. The first-order chi connectivity index (χ1) is 34.0. The molecule has 0 heterocycles. The SMILES string of the molecule is CC/C=C\C/C=C\C/C=C\C/C=C\C/C=C\CCCC(=O)OC[C@@H](COC(=O)CCCCCC/C=C\C/C=C\C/C=C\CCCCC)OC(=O)CCC/C=C\C/C=C\C/C=C\C/C=C\C/C=C\CC. The summed E-state index contributed by atoms with van der Waals surface area (Å²) in [7, 11) is 0. The highest BCUT2D eigenvalue weighted by molar-refractivity contribution is 5.71. The minimum absolute atomic E-state index is 0.138. The molecule has 0 saturated heterocycles. The molecule has 69 heavy (non-hydrogen) atoms. The van der Waals surface area contributed by atoms with Gasteiger partial charge in [0.1, 0.15) is 13.2 Å². The van der Waals surface area contributed by atoms with Gasteiger partial charge in [-0.1, -0.05) is 204 Å². The van der Waals surface area contributed by atoms with E-state index in [1.165, 1.54) is 25.7 Å². The Balaban J connectivity index is 4.65. The second-order valence-corrected chi connectivity index (χ2v) is 17.0. The zero-order valence-corrected chi connectivity index (χ0v) is 43.8. The van der Waals surface area contributed by atoms with Crippen molar-refractivity contribution in [2.45, 2.75) is 207 Å². The Morgan fingerprint density at radius 3 is 0.928 bits per heavy atom. The van der Waals surface area contributed by atoms with Crippen LogP contribution in [0.4, 0.5) is 0 Å². The van der Waals surface area contributed by atoms with E-state index < -0.39 is 12.1 Å². The van der Waals surface area contributed by atoms with E-state index in [2.05, 4.69) is 179 Å². The monoisotopic (exact) mass is 949 g/mol. The second kappa shape index (κ2) is 55.6. The van der Waals surface area contributed by atoms with Gasteiger partial charge in [0.15, 0.2) is 6.10 Å². The normalized spacial score (nSPS) is 13.4. The third-order valence-corrected chi connectivity index (χ3v) is 10.5. The highest BCUT2D eigenvalue weighted by atomic mass is 16.6. The van der Waals surface area contributed by atoms with Crippen LogP contribution in [0.1, 0.15) is 201 Å². The number of unbranched alkanes of at least 4 members (excludes halogenated alkanes) is 9. The molecule has 6 heteroatoms. The first kappa shape index (κ1) is 64.0. The van der Waals surface area contributed by atoms with Crippen LogP contribution >= 0.6 is 0 Å². The average molecular weight is 949 g/mol. The number of carbonyl (C=O) groups is 3. The van der Waals surface area contributed by atoms with Crippen molar-refractivity contribution in [2.75, 3.05) is 13.2 Å². The van der Waals surface area contributed by atoms with Crippen molar-refractivity contribution in [2.24, 2.45) is 0 Å². The topological polar surface area (TPSA) is 78.9 Å². The molecule has 384 valence electrons. The fourth-order valence-corrected chi connectivity index (χ4v) is 6.52. The van der Waals surface area contributed by atoms with Crippen molar-refractivity contribution in [1.29, 1.82) is 0 Å². The fourth-order valence-electron chi connectivity index (χ4n) is 6.52. The summed E-state index contributed by atoms with van der Waals surface area (Å²) in [5.41, 5.74) is 0. The summed E-state index contributed by atoms with van der Waals surface area (Å²) < 4.78 is 16.7. The van der Waals surface area contributed by atoms with Crippen LogP contribution < -0.4 is 0 Å². The van der Waals surface area contributed by atoms with Gasteiger partial charge in [0.25, 0.3) is 0 Å². The van der Waals surface area contributed by atoms with Gasteiger partial charge in [-0.2, -0.15) is 0 Å². The lowest BCUT2D eigenvalue weighted by Crippen LogP contribution is -2.30. The molecule has 6 nitrogen and oxygen atoms in total. The van der Waals surface area contributed by atoms with Gasteiger partial charge in [-0.05, 0) is 135 Å². The van der Waals surface area contributed by atoms with Gasteiger partial charge in [0.2, 0.25) is 0 Å². The molecule has 0 aliphatic rings. The highest BCUT2D eigenvalue weighted by Gasteiger charge is 2.19. The maximum absolute atomic E-state index is 12.8. The Kier molecular flexibility index (Phi) is 51.6. The molecule has 0 radical (unpaired) electrons. The third kappa shape index (κ3) is 53.8. The van der Waals surface area contributed by atoms with Crippen LogP contribution in [0.3, 0.4) is 0 Å². The molecule has 0 spiro atoms. The van der Waals surface area contributed by atoms with E-state index in [-0.39, 0.29) is 38.0 Å². The molecule has 0 unspecified atom stereocenters. The zero-order valence-electron chi connectivity index (χ0n) is 43.8. The summed E-state index contributed by atoms with van der Waals surface area (Å²) in [6, 6.07) is 0. The highest BCUT2D eigenvalue weighted by Crippen LogP contribution is 2.10. The Morgan fingerprint density at radius 2 is 0.580 bits per heavy atom. The van der Waals surface area contributed by atoms with Crippen LogP contribution in [-0.2, 0) is 28.6 Å². The van der Waals surface area contributed by atoms with E-state index in [0.717, 1.165) is 122 Å². The largest absolute Gasteiger partial charge is 0.462 e. The van der Waals surface area contributed by atoms with E-state index in [1.54, 1.807) is 0 Å². The van der Waals surface area contributed by atoms with Gasteiger partial charge in [-0.3, -0.25) is 14.4 Å². The Hall–Kier alpha value is -4.97. The van der Waals surface area contributed by atoms with Gasteiger partial charge in [0.05, 0.1) is 0 Å². The number of esters is 3. The summed E-state index contributed by atoms with van der Waals surface area (Å²) in [6.45, 7) is 6.24. The maximum atomic E-state index is 12.8. The van der Waals surface area contributed by atoms with Crippen LogP contribution in [-0.4, -0.2) is 37.2 Å². The minimum Gasteiger partial charge on any atom is -0.462 e. The molecule has 0 aromatic heterocycles. The first-order valence-electron chi connectivity index (χ1n) is 27.0. The van der Waals surface area contributed by atoms with Crippen LogP contribution in [0.25, 0.3) is 0 Å². The summed E-state index contributed by atoms with van der Waals surface area (Å²) >= 11 is 0. The van der Waals surface area contributed by atoms with Crippen molar-refractivity contribution in [3.8, 4) is 0 Å². The molecule has 0 aliphatic carbocycles. The molecule has 0 N–H and O–H groups in total. The molecule has 0 rings (SSSR count). The molecular formula is C63H96O6. The van der Waals surface area contributed by atoms with Gasteiger partial charge >= 0.3 is 17.9 Å². The van der Waals surface area contributed by atoms with E-state index >= 15 is 0 Å². The predicted molar refractivity (Wildman–Crippen MR) is 297 cm³/mol. The molecule has 0 saturated carbocycles. The minimum atomic E-state index is -0.848. The van der Waals surface area contributed by atoms with Crippen LogP contribution in [0, 0.1) is 0 Å². The maximum Gasteiger partial charge on any atom is 0.306 e. The average Bonchev–Trinajstić information content (AvgIpc) is 3.35. The fraction of sp³-hybridized carbons (Fsp3) is 0.540. The van der Waals surface area contributed by atoms with Crippen molar-refractivity contribution in [1.82, 2.24) is 0 Å². The van der Waals surface area contributed by atoms with Crippen molar-refractivity contribution in [3.63, 3.8) is 0 Å². The molecule has 0 bridgehead atoms. The van der Waals surface area contributed by atoms with E-state index in [0.29, 0.717) is 19.3 Å². The Labute approximate surface area is 422 Å². The van der Waals surface area contributed by atoms with Gasteiger partial charge < -0.3 is 14.2 Å². The number of hydrogen-bond donors (Lipinski definition) is 0. The number of allylic oxidation sites excluding steroid dienone is 26. The number of carbonyl (C=O) groups excluding carboxylic acids is 3. The lowest BCUT2D eigenvalue weighted by atomic mass is 10.1. The van der Waals surface area contributed by atoms with Crippen LogP contribution in [0.5, 0.6) is 0 Å². The zero-order chi connectivity index (χ0) is 50.0. The van der Waals surface area contributed by atoms with E-state index in [4.69, 9.17) is 14.2 Å². The van der Waals surface area contributed by atoms with Gasteiger partial charge in [0, 0.05) is 19.3 Å². The smallest absolute Gasteiger partial charge is 0.306 e. The lowest BCUT2D eigenvalue weighted by Gasteiger charge is -2.18. The first-order valence-corrected chi connectivity index (χ1v) is 27.0. The van der Waals surface area contributed by atoms with Crippen molar-refractivity contribution < 1.29 is 28.6 Å². The number of ether oxygens (including phenoxy) is 3. The second-order valence-electron chi connectivity index (χ2n) is 17.0. The standard InChI is InChI=1S/C63H96O6/c1-4-7-10-13-16-19-22-25-28-31-34-37-40-43-46-49-52-55-61(64)67-58-60(69-63(66)57-54-51-48-45-42-39-36-33-30-27-24-21-18-15-12-9-6-3)59-68-62(65)56-53-50-47-44-41-38-35-32-29-26-23-20-17-14-11-8-5-2/h7,9-10,12,16-21,25-30,34-39,43,45-46,48,60H,4-6,8,11,13-15,22-24,31-33,40-42,44,47,49-59H2,1-3H3/b10-7-,12-9-,19-16-,20-17-,21-18-,28-25-,29-26-,30-27-,37-34-,38-35-,39-36-,46-43-,48-45-/t60-/m0/s1. The summed E-state index contributed by atoms with van der Waals surface area (Å²) in [5, 5.41) is 0. The predicted octanol–water partition coefficient (Wildman–Crippen LogP) is 18.2. The van der Waals surface area contributed by atoms with Crippen molar-refractivity contribution in [3.05, 3.63) is 158 Å². The summed E-state index contributed by atoms with van der Waals surface area (Å²) in [4.78, 5) is 38.1. The van der Waals surface area contributed by atoms with Crippen LogP contribution in [0.2, 0.25) is 0 Å². The quantitative estimate of drug-likeness (QED) is 0.0262. The Bertz CT molecular complexity index is 1610. The number of rotatable bonds is 46. The van der Waals surface area contributed by atoms with Crippen molar-refractivity contribution >= 4 is 17.9 Å². The van der Waals surface area contributed by atoms with E-state index in [9.17, 15) is 14.4 Å². The number of hydrogen-bond acceptors (Lipinski definition) is 6. The molecular weight excluding hydrogens is 853 g/mol. The van der Waals surface area contributed by atoms with Crippen LogP contribution in [0.15, 0.2) is 158 Å². The van der Waals surface area contributed by atoms with E-state index in [1.807, 2.05) is 0 Å². The molecule has 0 aromatic rings. The molecule has 0 aliphatic heterocycles. The Morgan fingerprint density at radius 1 is 0.304 bits per heavy atom. The molecule has 0 amide bonds. The molecule has 0 fully saturated rings. The van der Waals surface area contributed by atoms with Gasteiger partial charge in [-0.25, -0.2) is 0 Å². The molecule has 1 atom stereocenters. The van der Waals surface area contributed by atoms with Gasteiger partial charge in [-0.15, -0.1) is 0 Å².